The van der Waals surface area contributed by atoms with Gasteiger partial charge in [-0.15, -0.1) is 11.3 Å². The highest BCUT2D eigenvalue weighted by molar-refractivity contribution is 7.17. The fourth-order valence-corrected chi connectivity index (χ4v) is 2.32. The fourth-order valence-electron chi connectivity index (χ4n) is 1.31. The van der Waals surface area contributed by atoms with Crippen LogP contribution in [-0.2, 0) is 0 Å². The molecule has 0 fully saturated rings. The summed E-state index contributed by atoms with van der Waals surface area (Å²) in [5.41, 5.74) is 1.68. The van der Waals surface area contributed by atoms with E-state index in [9.17, 15) is 0 Å². The standard InChI is InChI=1S/C10H9NOS/c1-7(11-12)9-6-13-10-5-3-2-4-8(9)10/h2-6,12H,1H3/b11-7+. The molecule has 0 radical (unpaired) electrons. The van der Waals surface area contributed by atoms with Crippen molar-refractivity contribution in [3.05, 3.63) is 35.2 Å². The summed E-state index contributed by atoms with van der Waals surface area (Å²) in [6, 6.07) is 8.10. The molecule has 2 aromatic rings. The molecule has 1 N–H and O–H groups in total. The number of hydrogen-bond acceptors (Lipinski definition) is 3. The zero-order valence-electron chi connectivity index (χ0n) is 7.19. The summed E-state index contributed by atoms with van der Waals surface area (Å²) in [5, 5.41) is 15.0. The third kappa shape index (κ3) is 1.31. The minimum Gasteiger partial charge on any atom is -0.411 e. The van der Waals surface area contributed by atoms with Crippen LogP contribution in [0, 0.1) is 0 Å². The van der Waals surface area contributed by atoms with E-state index in [1.165, 1.54) is 4.70 Å². The molecule has 1 heterocycles. The van der Waals surface area contributed by atoms with Gasteiger partial charge in [0, 0.05) is 21.0 Å². The van der Waals surface area contributed by atoms with Crippen molar-refractivity contribution in [3.63, 3.8) is 0 Å². The summed E-state index contributed by atoms with van der Waals surface area (Å²) in [6.07, 6.45) is 0. The van der Waals surface area contributed by atoms with Crippen LogP contribution in [0.4, 0.5) is 0 Å². The van der Waals surface area contributed by atoms with Gasteiger partial charge < -0.3 is 5.21 Å². The molecule has 1 aromatic carbocycles. The van der Waals surface area contributed by atoms with Gasteiger partial charge in [0.1, 0.15) is 0 Å². The van der Waals surface area contributed by atoms with Crippen LogP contribution in [0.15, 0.2) is 34.8 Å². The zero-order valence-corrected chi connectivity index (χ0v) is 8.01. The second-order valence-corrected chi connectivity index (χ2v) is 3.74. The highest BCUT2D eigenvalue weighted by Crippen LogP contribution is 2.25. The van der Waals surface area contributed by atoms with E-state index in [2.05, 4.69) is 11.2 Å². The molecular formula is C10H9NOS. The molecule has 0 aliphatic carbocycles. The summed E-state index contributed by atoms with van der Waals surface area (Å²) in [5.74, 6) is 0. The Hall–Kier alpha value is -1.35. The predicted octanol–water partition coefficient (Wildman–Crippen LogP) is 3.10. The zero-order chi connectivity index (χ0) is 9.26. The fraction of sp³-hybridized carbons (Fsp3) is 0.100. The summed E-state index contributed by atoms with van der Waals surface area (Å²) in [6.45, 7) is 1.80. The van der Waals surface area contributed by atoms with Crippen LogP contribution in [0.1, 0.15) is 12.5 Å². The average Bonchev–Trinajstić information content (AvgIpc) is 2.60. The number of benzene rings is 1. The molecule has 0 aliphatic heterocycles. The highest BCUT2D eigenvalue weighted by atomic mass is 32.1. The van der Waals surface area contributed by atoms with Crippen molar-refractivity contribution >= 4 is 27.1 Å². The number of rotatable bonds is 1. The first-order chi connectivity index (χ1) is 6.33. The van der Waals surface area contributed by atoms with Gasteiger partial charge in [-0.3, -0.25) is 0 Å². The number of oxime groups is 1. The van der Waals surface area contributed by atoms with Crippen molar-refractivity contribution in [1.29, 1.82) is 0 Å². The Morgan fingerprint density at radius 3 is 2.92 bits per heavy atom. The van der Waals surface area contributed by atoms with Gasteiger partial charge in [0.2, 0.25) is 0 Å². The molecule has 0 atom stereocenters. The smallest absolute Gasteiger partial charge is 0.0851 e. The molecule has 0 spiro atoms. The number of nitrogens with zero attached hydrogens (tertiary/aromatic N) is 1. The van der Waals surface area contributed by atoms with E-state index >= 15 is 0 Å². The van der Waals surface area contributed by atoms with E-state index < -0.39 is 0 Å². The first-order valence-electron chi connectivity index (χ1n) is 3.98. The maximum atomic E-state index is 8.66. The van der Waals surface area contributed by atoms with Gasteiger partial charge in [-0.2, -0.15) is 0 Å². The van der Waals surface area contributed by atoms with Gasteiger partial charge in [0.05, 0.1) is 5.71 Å². The van der Waals surface area contributed by atoms with Crippen LogP contribution in [0.25, 0.3) is 10.1 Å². The normalized spacial score (nSPS) is 12.2. The lowest BCUT2D eigenvalue weighted by Crippen LogP contribution is -1.91. The molecule has 66 valence electrons. The summed E-state index contributed by atoms with van der Waals surface area (Å²) in [4.78, 5) is 0. The minimum atomic E-state index is 0.664. The first-order valence-corrected chi connectivity index (χ1v) is 4.86. The van der Waals surface area contributed by atoms with Crippen LogP contribution in [0.2, 0.25) is 0 Å². The maximum Gasteiger partial charge on any atom is 0.0851 e. The van der Waals surface area contributed by atoms with Gasteiger partial charge in [0.25, 0.3) is 0 Å². The molecule has 13 heavy (non-hydrogen) atoms. The van der Waals surface area contributed by atoms with E-state index in [1.54, 1.807) is 18.3 Å². The van der Waals surface area contributed by atoms with Crippen molar-refractivity contribution in [2.45, 2.75) is 6.92 Å². The molecule has 0 unspecified atom stereocenters. The lowest BCUT2D eigenvalue weighted by Gasteiger charge is -1.94. The SMILES string of the molecule is C/C(=N\O)c1csc2ccccc12. The number of thiophene rings is 1. The number of fused-ring (bicyclic) bond motifs is 1. The van der Waals surface area contributed by atoms with E-state index in [0.29, 0.717) is 5.71 Å². The molecule has 2 nitrogen and oxygen atoms in total. The molecule has 1 aromatic heterocycles. The van der Waals surface area contributed by atoms with Gasteiger partial charge in [-0.25, -0.2) is 0 Å². The third-order valence-electron chi connectivity index (χ3n) is 2.02. The van der Waals surface area contributed by atoms with Gasteiger partial charge in [-0.05, 0) is 13.0 Å². The lowest BCUT2D eigenvalue weighted by molar-refractivity contribution is 0.319. The molecule has 2 rings (SSSR count). The Balaban J connectivity index is 2.71. The van der Waals surface area contributed by atoms with Crippen molar-refractivity contribution < 1.29 is 5.21 Å². The van der Waals surface area contributed by atoms with Crippen molar-refractivity contribution in [1.82, 2.24) is 0 Å². The van der Waals surface area contributed by atoms with E-state index in [4.69, 9.17) is 5.21 Å². The molecule has 0 aliphatic rings. The Morgan fingerprint density at radius 1 is 1.38 bits per heavy atom. The molecule has 0 amide bonds. The van der Waals surface area contributed by atoms with E-state index in [1.807, 2.05) is 23.6 Å². The summed E-state index contributed by atoms with van der Waals surface area (Å²) in [7, 11) is 0. The second kappa shape index (κ2) is 3.18. The highest BCUT2D eigenvalue weighted by Gasteiger charge is 2.05. The van der Waals surface area contributed by atoms with Gasteiger partial charge in [0.15, 0.2) is 0 Å². The molecule has 0 saturated carbocycles. The molecule has 0 bridgehead atoms. The van der Waals surface area contributed by atoms with Gasteiger partial charge in [-0.1, -0.05) is 23.4 Å². The monoisotopic (exact) mass is 191 g/mol. The van der Waals surface area contributed by atoms with E-state index in [-0.39, 0.29) is 0 Å². The largest absolute Gasteiger partial charge is 0.411 e. The Morgan fingerprint density at radius 2 is 2.15 bits per heavy atom. The minimum absolute atomic E-state index is 0.664. The van der Waals surface area contributed by atoms with Crippen LogP contribution in [0.5, 0.6) is 0 Å². The van der Waals surface area contributed by atoms with Crippen molar-refractivity contribution in [2.24, 2.45) is 5.16 Å². The van der Waals surface area contributed by atoms with Crippen LogP contribution in [-0.4, -0.2) is 10.9 Å². The topological polar surface area (TPSA) is 32.6 Å². The predicted molar refractivity (Wildman–Crippen MR) is 55.8 cm³/mol. The summed E-state index contributed by atoms with van der Waals surface area (Å²) < 4.78 is 1.22. The van der Waals surface area contributed by atoms with Crippen LogP contribution in [0.3, 0.4) is 0 Å². The summed E-state index contributed by atoms with van der Waals surface area (Å²) >= 11 is 1.67. The first kappa shape index (κ1) is 8.26. The maximum absolute atomic E-state index is 8.66. The molecule has 3 heteroatoms. The number of hydrogen-bond donors (Lipinski definition) is 1. The molecule has 0 saturated heterocycles. The third-order valence-corrected chi connectivity index (χ3v) is 2.98. The Bertz CT molecular complexity index is 459. The lowest BCUT2D eigenvalue weighted by atomic mass is 10.1. The Labute approximate surface area is 80.1 Å². The van der Waals surface area contributed by atoms with Crippen molar-refractivity contribution in [3.8, 4) is 0 Å². The van der Waals surface area contributed by atoms with E-state index in [0.717, 1.165) is 10.9 Å². The van der Waals surface area contributed by atoms with Crippen molar-refractivity contribution in [2.75, 3.05) is 0 Å². The second-order valence-electron chi connectivity index (χ2n) is 2.83. The quantitative estimate of drug-likeness (QED) is 0.419. The molecular weight excluding hydrogens is 182 g/mol. The van der Waals surface area contributed by atoms with Crippen LogP contribution < -0.4 is 0 Å². The van der Waals surface area contributed by atoms with Crippen LogP contribution >= 0.6 is 11.3 Å². The van der Waals surface area contributed by atoms with Gasteiger partial charge >= 0.3 is 0 Å². The average molecular weight is 191 g/mol. The Kier molecular flexibility index (Phi) is 2.02.